The summed E-state index contributed by atoms with van der Waals surface area (Å²) in [6, 6.07) is 11.0. The largest absolute Gasteiger partial charge is 0.361 e. The van der Waals surface area contributed by atoms with Crippen LogP contribution in [0.2, 0.25) is 0 Å². The van der Waals surface area contributed by atoms with Crippen molar-refractivity contribution in [3.05, 3.63) is 64.9 Å². The molecule has 1 aromatic carbocycles. The quantitative estimate of drug-likeness (QED) is 0.503. The zero-order valence-corrected chi connectivity index (χ0v) is 16.4. The minimum absolute atomic E-state index is 0.539. The molecule has 4 rings (SSSR count). The van der Waals surface area contributed by atoms with E-state index in [1.807, 2.05) is 27.0 Å². The summed E-state index contributed by atoms with van der Waals surface area (Å²) in [6.07, 6.45) is 1.85. The lowest BCUT2D eigenvalue weighted by Crippen LogP contribution is -2.02. The highest BCUT2D eigenvalue weighted by molar-refractivity contribution is 5.80. The average molecular weight is 360 g/mol. The number of imidazole rings is 1. The van der Waals surface area contributed by atoms with E-state index in [1.165, 1.54) is 11.1 Å². The van der Waals surface area contributed by atoms with Gasteiger partial charge in [0.2, 0.25) is 0 Å². The Labute approximate surface area is 159 Å². The predicted octanol–water partition coefficient (Wildman–Crippen LogP) is 5.18. The van der Waals surface area contributed by atoms with E-state index in [1.54, 1.807) is 0 Å². The number of aryl methyl sites for hydroxylation is 3. The number of rotatable bonds is 4. The molecular weight excluding hydrogens is 336 g/mol. The molecule has 0 amide bonds. The average Bonchev–Trinajstić information content (AvgIpc) is 3.14. The number of aromatic nitrogens is 4. The zero-order chi connectivity index (χ0) is 19.1. The molecule has 0 radical (unpaired) electrons. The number of pyridine rings is 1. The van der Waals surface area contributed by atoms with Gasteiger partial charge in [0.1, 0.15) is 11.6 Å². The van der Waals surface area contributed by atoms with Gasteiger partial charge in [0, 0.05) is 23.9 Å². The first kappa shape index (κ1) is 17.5. The summed E-state index contributed by atoms with van der Waals surface area (Å²) in [4.78, 5) is 9.21. The van der Waals surface area contributed by atoms with Crippen LogP contribution < -0.4 is 0 Å². The molecule has 3 aromatic heterocycles. The highest BCUT2D eigenvalue weighted by atomic mass is 16.5. The Bertz CT molecular complexity index is 1080. The van der Waals surface area contributed by atoms with Gasteiger partial charge in [0.15, 0.2) is 5.65 Å². The second-order valence-corrected chi connectivity index (χ2v) is 7.41. The summed E-state index contributed by atoms with van der Waals surface area (Å²) in [5.41, 5.74) is 7.30. The van der Waals surface area contributed by atoms with E-state index in [-0.39, 0.29) is 0 Å². The van der Waals surface area contributed by atoms with Crippen LogP contribution in [0, 0.1) is 20.8 Å². The fraction of sp³-hybridized carbons (Fsp3) is 0.318. The minimum atomic E-state index is 0.539. The number of nitrogens with zero attached hydrogens (tertiary/aromatic N) is 4. The normalized spacial score (nSPS) is 11.6. The first-order valence-corrected chi connectivity index (χ1v) is 9.29. The molecule has 27 heavy (non-hydrogen) atoms. The summed E-state index contributed by atoms with van der Waals surface area (Å²) in [6.45, 7) is 11.1. The summed E-state index contributed by atoms with van der Waals surface area (Å²) in [7, 11) is 0. The molecule has 0 fully saturated rings. The van der Waals surface area contributed by atoms with Crippen LogP contribution in [0.15, 0.2) is 41.1 Å². The third kappa shape index (κ3) is 3.14. The smallest absolute Gasteiger partial charge is 0.177 e. The molecule has 0 spiro atoms. The van der Waals surface area contributed by atoms with Gasteiger partial charge in [0.05, 0.1) is 11.2 Å². The topological polar surface area (TPSA) is 56.7 Å². The highest BCUT2D eigenvalue weighted by Gasteiger charge is 2.15. The van der Waals surface area contributed by atoms with Crippen molar-refractivity contribution in [2.24, 2.45) is 0 Å². The van der Waals surface area contributed by atoms with Gasteiger partial charge >= 0.3 is 0 Å². The third-order valence-electron chi connectivity index (χ3n) is 5.11. The van der Waals surface area contributed by atoms with Gasteiger partial charge < -0.3 is 9.09 Å². The summed E-state index contributed by atoms with van der Waals surface area (Å²) in [5.74, 6) is 2.30. The van der Waals surface area contributed by atoms with Gasteiger partial charge in [-0.3, -0.25) is 0 Å². The Morgan fingerprint density at radius 3 is 2.44 bits per heavy atom. The van der Waals surface area contributed by atoms with Crippen molar-refractivity contribution >= 4 is 11.2 Å². The molecule has 0 saturated carbocycles. The second-order valence-electron chi connectivity index (χ2n) is 7.41. The standard InChI is InChI=1S/C22H24N4O/c1-13(2)18-8-6-17(7-9-18)12-26-16(5)24-22-20(26)10-19(11-23-22)21-14(3)25-27-15(21)4/h6-11,13H,12H2,1-5H3. The summed E-state index contributed by atoms with van der Waals surface area (Å²) >= 11 is 0. The summed E-state index contributed by atoms with van der Waals surface area (Å²) < 4.78 is 7.54. The molecular formula is C22H24N4O. The number of hydrogen-bond acceptors (Lipinski definition) is 4. The van der Waals surface area contributed by atoms with Crippen LogP contribution in [0.5, 0.6) is 0 Å². The van der Waals surface area contributed by atoms with Crippen molar-refractivity contribution in [2.45, 2.75) is 47.1 Å². The molecule has 138 valence electrons. The molecule has 0 aliphatic rings. The van der Waals surface area contributed by atoms with Crippen LogP contribution in [0.3, 0.4) is 0 Å². The van der Waals surface area contributed by atoms with Crippen LogP contribution in [0.4, 0.5) is 0 Å². The Morgan fingerprint density at radius 2 is 1.81 bits per heavy atom. The lowest BCUT2D eigenvalue weighted by molar-refractivity contribution is 0.393. The first-order chi connectivity index (χ1) is 12.9. The van der Waals surface area contributed by atoms with Gasteiger partial charge in [-0.1, -0.05) is 43.3 Å². The molecule has 0 aliphatic carbocycles. The third-order valence-corrected chi connectivity index (χ3v) is 5.11. The highest BCUT2D eigenvalue weighted by Crippen LogP contribution is 2.29. The maximum Gasteiger partial charge on any atom is 0.177 e. The molecule has 5 heteroatoms. The maximum absolute atomic E-state index is 5.32. The van der Waals surface area contributed by atoms with E-state index in [2.05, 4.69) is 63.9 Å². The van der Waals surface area contributed by atoms with Crippen molar-refractivity contribution < 1.29 is 4.52 Å². The lowest BCUT2D eigenvalue weighted by Gasteiger charge is -2.10. The van der Waals surface area contributed by atoms with Crippen LogP contribution in [-0.4, -0.2) is 19.7 Å². The second kappa shape index (κ2) is 6.65. The maximum atomic E-state index is 5.32. The number of benzene rings is 1. The van der Waals surface area contributed by atoms with Gasteiger partial charge in [-0.25, -0.2) is 9.97 Å². The molecule has 0 bridgehead atoms. The molecule has 0 N–H and O–H groups in total. The van der Waals surface area contributed by atoms with Crippen LogP contribution >= 0.6 is 0 Å². The van der Waals surface area contributed by atoms with Crippen molar-refractivity contribution in [1.29, 1.82) is 0 Å². The van der Waals surface area contributed by atoms with Gasteiger partial charge in [0.25, 0.3) is 0 Å². The lowest BCUT2D eigenvalue weighted by atomic mass is 10.0. The van der Waals surface area contributed by atoms with Crippen molar-refractivity contribution in [1.82, 2.24) is 19.7 Å². The number of hydrogen-bond donors (Lipinski definition) is 0. The van der Waals surface area contributed by atoms with E-state index in [4.69, 9.17) is 4.52 Å². The van der Waals surface area contributed by atoms with Gasteiger partial charge in [-0.2, -0.15) is 0 Å². The fourth-order valence-corrected chi connectivity index (χ4v) is 3.54. The molecule has 0 saturated heterocycles. The predicted molar refractivity (Wildman–Crippen MR) is 107 cm³/mol. The molecule has 3 heterocycles. The van der Waals surface area contributed by atoms with Crippen molar-refractivity contribution in [3.8, 4) is 11.1 Å². The monoisotopic (exact) mass is 360 g/mol. The zero-order valence-electron chi connectivity index (χ0n) is 16.4. The fourth-order valence-electron chi connectivity index (χ4n) is 3.54. The van der Waals surface area contributed by atoms with E-state index in [0.29, 0.717) is 5.92 Å². The van der Waals surface area contributed by atoms with E-state index >= 15 is 0 Å². The van der Waals surface area contributed by atoms with Gasteiger partial charge in [-0.05, 0) is 43.9 Å². The molecule has 0 unspecified atom stereocenters. The Kier molecular flexibility index (Phi) is 4.30. The molecule has 0 aliphatic heterocycles. The molecule has 4 aromatic rings. The Hall–Kier alpha value is -2.95. The Balaban J connectivity index is 1.76. The minimum Gasteiger partial charge on any atom is -0.361 e. The summed E-state index contributed by atoms with van der Waals surface area (Å²) in [5, 5.41) is 4.07. The molecule has 0 atom stereocenters. The van der Waals surface area contributed by atoms with Crippen molar-refractivity contribution in [3.63, 3.8) is 0 Å². The van der Waals surface area contributed by atoms with E-state index in [0.717, 1.165) is 46.1 Å². The van der Waals surface area contributed by atoms with E-state index in [9.17, 15) is 0 Å². The van der Waals surface area contributed by atoms with E-state index < -0.39 is 0 Å². The Morgan fingerprint density at radius 1 is 1.07 bits per heavy atom. The van der Waals surface area contributed by atoms with Crippen LogP contribution in [0.1, 0.15) is 48.2 Å². The van der Waals surface area contributed by atoms with Crippen molar-refractivity contribution in [2.75, 3.05) is 0 Å². The van der Waals surface area contributed by atoms with Crippen LogP contribution in [0.25, 0.3) is 22.3 Å². The van der Waals surface area contributed by atoms with Crippen LogP contribution in [-0.2, 0) is 6.54 Å². The van der Waals surface area contributed by atoms with Gasteiger partial charge in [-0.15, -0.1) is 0 Å². The molecule has 5 nitrogen and oxygen atoms in total. The number of fused-ring (bicyclic) bond motifs is 1. The SMILES string of the molecule is Cc1noc(C)c1-c1cnc2nc(C)n(Cc3ccc(C(C)C)cc3)c2c1. The first-order valence-electron chi connectivity index (χ1n) is 9.29.